The Morgan fingerprint density at radius 1 is 1.00 bits per heavy atom. The molecule has 2 nitrogen and oxygen atoms in total. The van der Waals surface area contributed by atoms with Crippen LogP contribution in [-0.4, -0.2) is 29.8 Å². The molecule has 0 radical (unpaired) electrons. The maximum atomic E-state index is 5.42. The van der Waals surface area contributed by atoms with E-state index >= 15 is 0 Å². The van der Waals surface area contributed by atoms with Crippen LogP contribution in [0, 0.1) is 0 Å². The van der Waals surface area contributed by atoms with E-state index in [1.54, 1.807) is 14.2 Å². The van der Waals surface area contributed by atoms with Gasteiger partial charge < -0.3 is 9.47 Å². The summed E-state index contributed by atoms with van der Waals surface area (Å²) in [6, 6.07) is 6.29. The van der Waals surface area contributed by atoms with E-state index in [-0.39, 0.29) is 0 Å². The second kappa shape index (κ2) is 8.97. The third-order valence-corrected chi connectivity index (χ3v) is 7.51. The third-order valence-electron chi connectivity index (χ3n) is 4.06. The zero-order chi connectivity index (χ0) is 15.8. The van der Waals surface area contributed by atoms with Crippen molar-refractivity contribution in [3.63, 3.8) is 0 Å². The Morgan fingerprint density at radius 3 is 2.18 bits per heavy atom. The average Bonchev–Trinajstić information content (AvgIpc) is 2.55. The first-order valence-corrected chi connectivity index (χ1v) is 10.2. The van der Waals surface area contributed by atoms with Gasteiger partial charge in [0.25, 0.3) is 0 Å². The van der Waals surface area contributed by atoms with E-state index in [1.807, 2.05) is 6.07 Å². The van der Waals surface area contributed by atoms with E-state index in [9.17, 15) is 0 Å². The van der Waals surface area contributed by atoms with Gasteiger partial charge >= 0.3 is 0 Å². The van der Waals surface area contributed by atoms with Gasteiger partial charge in [-0.3, -0.25) is 0 Å². The average molecular weight is 341 g/mol. The molecular weight excluding hydrogens is 312 g/mol. The van der Waals surface area contributed by atoms with Crippen LogP contribution in [0.3, 0.4) is 0 Å². The summed E-state index contributed by atoms with van der Waals surface area (Å²) in [5, 5.41) is 0. The van der Waals surface area contributed by atoms with E-state index < -0.39 is 0 Å². The smallest absolute Gasteiger partial charge is 0.122 e. The van der Waals surface area contributed by atoms with Gasteiger partial charge in [0.15, 0.2) is 0 Å². The number of rotatable bonds is 8. The molecule has 1 heterocycles. The molecule has 1 aromatic carbocycles. The number of hydrogen-bond acceptors (Lipinski definition) is 4. The fraction of sp³-hybridized carbons (Fsp3) is 0.667. The molecule has 0 N–H and O–H groups in total. The largest absolute Gasteiger partial charge is 0.497 e. The molecule has 4 heteroatoms. The number of benzene rings is 1. The molecule has 124 valence electrons. The van der Waals surface area contributed by atoms with Crippen molar-refractivity contribution in [3.8, 4) is 11.5 Å². The van der Waals surface area contributed by atoms with Crippen LogP contribution in [0.5, 0.6) is 11.5 Å². The maximum absolute atomic E-state index is 5.42. The molecule has 0 spiro atoms. The highest BCUT2D eigenvalue weighted by atomic mass is 32.2. The first-order valence-electron chi connectivity index (χ1n) is 8.21. The summed E-state index contributed by atoms with van der Waals surface area (Å²) in [5.41, 5.74) is 1.33. The number of methoxy groups -OCH3 is 2. The van der Waals surface area contributed by atoms with Crippen molar-refractivity contribution in [3.05, 3.63) is 23.8 Å². The van der Waals surface area contributed by atoms with Gasteiger partial charge in [-0.2, -0.15) is 0 Å². The lowest BCUT2D eigenvalue weighted by Crippen LogP contribution is -2.28. The van der Waals surface area contributed by atoms with Gasteiger partial charge in [0.2, 0.25) is 0 Å². The van der Waals surface area contributed by atoms with E-state index in [1.165, 1.54) is 49.2 Å². The quantitative estimate of drug-likeness (QED) is 0.590. The Kier molecular flexibility index (Phi) is 7.29. The van der Waals surface area contributed by atoms with Gasteiger partial charge in [0, 0.05) is 6.07 Å². The van der Waals surface area contributed by atoms with E-state index in [2.05, 4.69) is 42.6 Å². The summed E-state index contributed by atoms with van der Waals surface area (Å²) in [7, 11) is 3.44. The summed E-state index contributed by atoms with van der Waals surface area (Å²) in [6.07, 6.45) is 7.70. The molecule has 1 aromatic rings. The summed E-state index contributed by atoms with van der Waals surface area (Å²) in [5.74, 6) is 4.37. The standard InChI is InChI=1S/C18H28O2S2/c1-4-5-6-8-18(21-9-7-10-22-18)14-15-11-16(19-2)13-17(12-15)20-3/h11-13H,4-10,14H2,1-3H3. The minimum atomic E-state index is 0.338. The van der Waals surface area contributed by atoms with Crippen molar-refractivity contribution in [2.75, 3.05) is 25.7 Å². The lowest BCUT2D eigenvalue weighted by atomic mass is 10.0. The molecule has 1 saturated heterocycles. The summed E-state index contributed by atoms with van der Waals surface area (Å²) < 4.78 is 11.2. The van der Waals surface area contributed by atoms with Gasteiger partial charge in [-0.1, -0.05) is 26.2 Å². The number of unbranched alkanes of at least 4 members (excludes halogenated alkanes) is 2. The zero-order valence-electron chi connectivity index (χ0n) is 14.0. The van der Waals surface area contributed by atoms with Crippen LogP contribution in [-0.2, 0) is 6.42 Å². The Balaban J connectivity index is 2.15. The summed E-state index contributed by atoms with van der Waals surface area (Å²) in [4.78, 5) is 0. The molecule has 0 atom stereocenters. The molecular formula is C18H28O2S2. The molecule has 0 amide bonds. The van der Waals surface area contributed by atoms with Crippen molar-refractivity contribution in [1.82, 2.24) is 0 Å². The maximum Gasteiger partial charge on any atom is 0.122 e. The van der Waals surface area contributed by atoms with Gasteiger partial charge in [-0.05, 0) is 48.5 Å². The Hall–Kier alpha value is -0.480. The summed E-state index contributed by atoms with van der Waals surface area (Å²) >= 11 is 4.33. The Bertz CT molecular complexity index is 434. The van der Waals surface area contributed by atoms with Crippen LogP contribution < -0.4 is 9.47 Å². The lowest BCUT2D eigenvalue weighted by molar-refractivity contribution is 0.393. The first kappa shape index (κ1) is 17.9. The number of thioether (sulfide) groups is 2. The third kappa shape index (κ3) is 5.02. The molecule has 0 saturated carbocycles. The highest BCUT2D eigenvalue weighted by Gasteiger charge is 2.33. The molecule has 22 heavy (non-hydrogen) atoms. The van der Waals surface area contributed by atoms with Crippen LogP contribution >= 0.6 is 23.5 Å². The Morgan fingerprint density at radius 2 is 1.64 bits per heavy atom. The predicted molar refractivity (Wildman–Crippen MR) is 99.7 cm³/mol. The van der Waals surface area contributed by atoms with E-state index in [0.29, 0.717) is 4.08 Å². The SMILES string of the molecule is CCCCCC1(Cc2cc(OC)cc(OC)c2)SCCCS1. The lowest BCUT2D eigenvalue weighted by Gasteiger charge is -2.36. The molecule has 1 fully saturated rings. The monoisotopic (exact) mass is 340 g/mol. The number of hydrogen-bond donors (Lipinski definition) is 0. The minimum Gasteiger partial charge on any atom is -0.497 e. The minimum absolute atomic E-state index is 0.338. The number of ether oxygens (including phenoxy) is 2. The molecule has 0 unspecified atom stereocenters. The fourth-order valence-corrected chi connectivity index (χ4v) is 6.33. The van der Waals surface area contributed by atoms with Crippen molar-refractivity contribution < 1.29 is 9.47 Å². The highest BCUT2D eigenvalue weighted by molar-refractivity contribution is 8.18. The van der Waals surface area contributed by atoms with Gasteiger partial charge in [-0.25, -0.2) is 0 Å². The van der Waals surface area contributed by atoms with Crippen molar-refractivity contribution in [2.24, 2.45) is 0 Å². The van der Waals surface area contributed by atoms with Gasteiger partial charge in [0.05, 0.1) is 18.3 Å². The van der Waals surface area contributed by atoms with Crippen LogP contribution in [0.2, 0.25) is 0 Å². The topological polar surface area (TPSA) is 18.5 Å². The van der Waals surface area contributed by atoms with Crippen LogP contribution in [0.4, 0.5) is 0 Å². The van der Waals surface area contributed by atoms with E-state index in [0.717, 1.165) is 17.9 Å². The van der Waals surface area contributed by atoms with Crippen LogP contribution in [0.25, 0.3) is 0 Å². The van der Waals surface area contributed by atoms with Crippen molar-refractivity contribution in [2.45, 2.75) is 49.5 Å². The Labute approximate surface area is 143 Å². The molecule has 0 bridgehead atoms. The molecule has 0 aliphatic carbocycles. The predicted octanol–water partition coefficient (Wildman–Crippen LogP) is 5.39. The van der Waals surface area contributed by atoms with Crippen LogP contribution in [0.1, 0.15) is 44.6 Å². The zero-order valence-corrected chi connectivity index (χ0v) is 15.7. The summed E-state index contributed by atoms with van der Waals surface area (Å²) in [6.45, 7) is 2.28. The molecule has 2 rings (SSSR count). The molecule has 0 aromatic heterocycles. The van der Waals surface area contributed by atoms with Gasteiger partial charge in [0.1, 0.15) is 11.5 Å². The van der Waals surface area contributed by atoms with Gasteiger partial charge in [-0.15, -0.1) is 23.5 Å². The fourth-order valence-electron chi connectivity index (χ4n) is 2.88. The van der Waals surface area contributed by atoms with Crippen molar-refractivity contribution >= 4 is 23.5 Å². The normalized spacial score (nSPS) is 17.2. The first-order chi connectivity index (χ1) is 10.7. The van der Waals surface area contributed by atoms with Crippen LogP contribution in [0.15, 0.2) is 18.2 Å². The van der Waals surface area contributed by atoms with Crippen molar-refractivity contribution in [1.29, 1.82) is 0 Å². The van der Waals surface area contributed by atoms with E-state index in [4.69, 9.17) is 9.47 Å². The molecule has 1 aliphatic heterocycles. The second-order valence-electron chi connectivity index (χ2n) is 5.82. The second-order valence-corrected chi connectivity index (χ2v) is 9.03. The molecule has 1 aliphatic rings. The highest BCUT2D eigenvalue weighted by Crippen LogP contribution is 2.48.